The Bertz CT molecular complexity index is 1160. The zero-order valence-electron chi connectivity index (χ0n) is 14.6. The van der Waals surface area contributed by atoms with E-state index in [1.54, 1.807) is 38.1 Å². The first-order valence-corrected chi connectivity index (χ1v) is 7.96. The summed E-state index contributed by atoms with van der Waals surface area (Å²) in [6, 6.07) is 13.4. The number of nitrogens with one attached hydrogen (secondary N) is 1. The van der Waals surface area contributed by atoms with E-state index in [1.807, 2.05) is 12.1 Å². The van der Waals surface area contributed by atoms with Gasteiger partial charge in [-0.05, 0) is 44.2 Å². The molecule has 0 unspecified atom stereocenters. The highest BCUT2D eigenvalue weighted by atomic mass is 16.4. The minimum Gasteiger partial charge on any atom is -0.478 e. The monoisotopic (exact) mass is 358 g/mol. The van der Waals surface area contributed by atoms with E-state index in [-0.39, 0.29) is 16.7 Å². The number of aromatic carboxylic acids is 1. The molecule has 0 saturated carbocycles. The lowest BCUT2D eigenvalue weighted by molar-refractivity contribution is 0.0697. The Balaban J connectivity index is 1.97. The van der Waals surface area contributed by atoms with Crippen molar-refractivity contribution in [2.75, 3.05) is 5.43 Å². The van der Waals surface area contributed by atoms with E-state index in [2.05, 4.69) is 10.5 Å². The van der Waals surface area contributed by atoms with Gasteiger partial charge in [0.15, 0.2) is 0 Å². The normalized spacial score (nSPS) is 11.0. The van der Waals surface area contributed by atoms with Crippen LogP contribution in [0.1, 0.15) is 39.7 Å². The van der Waals surface area contributed by atoms with Gasteiger partial charge < -0.3 is 9.52 Å². The average molecular weight is 358 g/mol. The lowest BCUT2D eigenvalue weighted by Gasteiger charge is -2.04. The molecule has 0 atom stereocenters. The first-order valence-electron chi connectivity index (χ1n) is 7.96. The van der Waals surface area contributed by atoms with E-state index in [0.717, 1.165) is 5.56 Å². The second-order valence-corrected chi connectivity index (χ2v) is 5.84. The van der Waals surface area contributed by atoms with Crippen molar-refractivity contribution in [1.29, 1.82) is 10.5 Å². The van der Waals surface area contributed by atoms with Gasteiger partial charge in [-0.15, -0.1) is 0 Å². The number of hydrogen-bond donors (Lipinski definition) is 2. The number of anilines is 1. The molecule has 1 heterocycles. The number of hydrogen-bond acceptors (Lipinski definition) is 6. The van der Waals surface area contributed by atoms with Gasteiger partial charge >= 0.3 is 5.97 Å². The molecule has 0 amide bonds. The molecule has 2 N–H and O–H groups in total. The number of carboxylic acids is 1. The van der Waals surface area contributed by atoms with Crippen LogP contribution in [0.25, 0.3) is 11.0 Å². The maximum Gasteiger partial charge on any atom is 0.335 e. The molecule has 0 aliphatic heterocycles. The van der Waals surface area contributed by atoms with Crippen LogP contribution < -0.4 is 5.43 Å². The Morgan fingerprint density at radius 2 is 1.78 bits per heavy atom. The van der Waals surface area contributed by atoms with E-state index in [4.69, 9.17) is 14.8 Å². The van der Waals surface area contributed by atoms with Crippen LogP contribution in [0.15, 0.2) is 45.9 Å². The predicted octanol–water partition coefficient (Wildman–Crippen LogP) is 4.02. The van der Waals surface area contributed by atoms with Crippen LogP contribution in [0.5, 0.6) is 0 Å². The SMILES string of the molecule is C/C(=N/Nc1ccc(C(=O)O)cc1)c1c(C)oc2cc(C#N)c(C#N)cc12. The van der Waals surface area contributed by atoms with Crippen molar-refractivity contribution in [3.63, 3.8) is 0 Å². The van der Waals surface area contributed by atoms with Crippen molar-refractivity contribution >= 4 is 28.3 Å². The van der Waals surface area contributed by atoms with Crippen molar-refractivity contribution < 1.29 is 14.3 Å². The van der Waals surface area contributed by atoms with Gasteiger partial charge in [-0.1, -0.05) is 0 Å². The molecule has 7 nitrogen and oxygen atoms in total. The summed E-state index contributed by atoms with van der Waals surface area (Å²) < 4.78 is 5.72. The van der Waals surface area contributed by atoms with Crippen molar-refractivity contribution in [2.24, 2.45) is 5.10 Å². The number of fused-ring (bicyclic) bond motifs is 1. The molecule has 0 aliphatic carbocycles. The highest BCUT2D eigenvalue weighted by molar-refractivity contribution is 6.10. The van der Waals surface area contributed by atoms with Crippen LogP contribution in [-0.2, 0) is 0 Å². The minimum absolute atomic E-state index is 0.190. The van der Waals surface area contributed by atoms with Crippen molar-refractivity contribution in [3.05, 3.63) is 64.4 Å². The Morgan fingerprint density at radius 1 is 1.15 bits per heavy atom. The van der Waals surface area contributed by atoms with Crippen LogP contribution in [0.4, 0.5) is 5.69 Å². The third kappa shape index (κ3) is 3.35. The molecule has 2 aromatic carbocycles. The molecule has 0 bridgehead atoms. The number of furan rings is 1. The summed E-state index contributed by atoms with van der Waals surface area (Å²) in [6.07, 6.45) is 0. The fraction of sp³-hybridized carbons (Fsp3) is 0.100. The number of aryl methyl sites for hydroxylation is 1. The lowest BCUT2D eigenvalue weighted by Crippen LogP contribution is -2.01. The first-order chi connectivity index (χ1) is 12.9. The second-order valence-electron chi connectivity index (χ2n) is 5.84. The third-order valence-electron chi connectivity index (χ3n) is 4.09. The van der Waals surface area contributed by atoms with E-state index in [0.29, 0.717) is 28.1 Å². The summed E-state index contributed by atoms with van der Waals surface area (Å²) in [7, 11) is 0. The van der Waals surface area contributed by atoms with Gasteiger partial charge in [-0.25, -0.2) is 4.79 Å². The van der Waals surface area contributed by atoms with Gasteiger partial charge in [0, 0.05) is 17.0 Å². The van der Waals surface area contributed by atoms with Crippen molar-refractivity contribution in [3.8, 4) is 12.1 Å². The standard InChI is InChI=1S/C20H14N4O3/c1-11(23-24-16-5-3-13(4-6-16)20(25)26)19-12(2)27-18-8-15(10-22)14(9-21)7-17(18)19/h3-8,24H,1-2H3,(H,25,26)/b23-11-. The Labute approximate surface area is 154 Å². The topological polar surface area (TPSA) is 122 Å². The van der Waals surface area contributed by atoms with Crippen molar-refractivity contribution in [2.45, 2.75) is 13.8 Å². The smallest absolute Gasteiger partial charge is 0.335 e. The zero-order chi connectivity index (χ0) is 19.6. The minimum atomic E-state index is -0.994. The summed E-state index contributed by atoms with van der Waals surface area (Å²) >= 11 is 0. The van der Waals surface area contributed by atoms with E-state index in [1.165, 1.54) is 12.1 Å². The molecule has 27 heavy (non-hydrogen) atoms. The molecule has 0 aliphatic rings. The molecule has 1 aromatic heterocycles. The highest BCUT2D eigenvalue weighted by Crippen LogP contribution is 2.29. The molecule has 0 fully saturated rings. The Hall–Kier alpha value is -4.10. The fourth-order valence-corrected chi connectivity index (χ4v) is 2.79. The van der Waals surface area contributed by atoms with Gasteiger partial charge in [0.2, 0.25) is 0 Å². The van der Waals surface area contributed by atoms with Crippen LogP contribution >= 0.6 is 0 Å². The summed E-state index contributed by atoms with van der Waals surface area (Å²) in [5.74, 6) is -0.375. The molecular weight excluding hydrogens is 344 g/mol. The summed E-state index contributed by atoms with van der Waals surface area (Å²) in [6.45, 7) is 3.58. The van der Waals surface area contributed by atoms with E-state index >= 15 is 0 Å². The molecule has 0 radical (unpaired) electrons. The maximum atomic E-state index is 10.9. The summed E-state index contributed by atoms with van der Waals surface area (Å²) in [4.78, 5) is 10.9. The van der Waals surface area contributed by atoms with Gasteiger partial charge in [-0.3, -0.25) is 5.43 Å². The summed E-state index contributed by atoms with van der Waals surface area (Å²) in [5, 5.41) is 32.3. The number of carboxylic acid groups (broad SMARTS) is 1. The van der Waals surface area contributed by atoms with E-state index in [9.17, 15) is 10.1 Å². The highest BCUT2D eigenvalue weighted by Gasteiger charge is 2.16. The number of rotatable bonds is 4. The van der Waals surface area contributed by atoms with E-state index < -0.39 is 5.97 Å². The number of carbonyl (C=O) groups is 1. The van der Waals surface area contributed by atoms with Crippen molar-refractivity contribution in [1.82, 2.24) is 0 Å². The maximum absolute atomic E-state index is 10.9. The number of benzene rings is 2. The molecule has 7 heteroatoms. The average Bonchev–Trinajstić information content (AvgIpc) is 2.99. The molecule has 132 valence electrons. The molecule has 3 rings (SSSR count). The van der Waals surface area contributed by atoms with Crippen LogP contribution in [-0.4, -0.2) is 16.8 Å². The van der Waals surface area contributed by atoms with Crippen LogP contribution in [0.3, 0.4) is 0 Å². The van der Waals surface area contributed by atoms with Crippen LogP contribution in [0.2, 0.25) is 0 Å². The lowest BCUT2D eigenvalue weighted by atomic mass is 10.0. The number of nitriles is 2. The number of nitrogens with zero attached hydrogens (tertiary/aromatic N) is 3. The number of hydrazone groups is 1. The van der Waals surface area contributed by atoms with Gasteiger partial charge in [0.1, 0.15) is 23.5 Å². The largest absolute Gasteiger partial charge is 0.478 e. The second kappa shape index (κ2) is 7.03. The molecule has 0 saturated heterocycles. The van der Waals surface area contributed by atoms with Crippen LogP contribution in [0, 0.1) is 29.6 Å². The quantitative estimate of drug-likeness (QED) is 0.536. The Kier molecular flexibility index (Phi) is 4.61. The molecule has 3 aromatic rings. The first kappa shape index (κ1) is 17.7. The predicted molar refractivity (Wildman–Crippen MR) is 99.6 cm³/mol. The zero-order valence-corrected chi connectivity index (χ0v) is 14.6. The molecule has 0 spiro atoms. The fourth-order valence-electron chi connectivity index (χ4n) is 2.79. The molecular formula is C20H14N4O3. The van der Waals surface area contributed by atoms with Gasteiger partial charge in [0.25, 0.3) is 0 Å². The summed E-state index contributed by atoms with van der Waals surface area (Å²) in [5.41, 5.74) is 6.11. The Morgan fingerprint density at radius 3 is 2.37 bits per heavy atom. The van der Waals surface area contributed by atoms with Gasteiger partial charge in [-0.2, -0.15) is 15.6 Å². The third-order valence-corrected chi connectivity index (χ3v) is 4.09. The van der Waals surface area contributed by atoms with Gasteiger partial charge in [0.05, 0.1) is 28.1 Å².